The quantitative estimate of drug-likeness (QED) is 0.894. The van der Waals surface area contributed by atoms with E-state index >= 15 is 0 Å². The zero-order valence-electron chi connectivity index (χ0n) is 10.5. The summed E-state index contributed by atoms with van der Waals surface area (Å²) < 4.78 is 0. The number of benzene rings is 1. The van der Waals surface area contributed by atoms with Gasteiger partial charge in [0.2, 0.25) is 5.91 Å². The molecular formula is C14H18ClNOS. The summed E-state index contributed by atoms with van der Waals surface area (Å²) in [7, 11) is 0. The van der Waals surface area contributed by atoms with Crippen LogP contribution in [0.4, 0.5) is 5.69 Å². The Morgan fingerprint density at radius 1 is 1.44 bits per heavy atom. The number of halogens is 1. The van der Waals surface area contributed by atoms with Crippen LogP contribution in [-0.2, 0) is 4.79 Å². The highest BCUT2D eigenvalue weighted by Crippen LogP contribution is 2.29. The van der Waals surface area contributed by atoms with Gasteiger partial charge in [-0.1, -0.05) is 30.5 Å². The van der Waals surface area contributed by atoms with Gasteiger partial charge in [-0.3, -0.25) is 4.79 Å². The van der Waals surface area contributed by atoms with E-state index in [0.29, 0.717) is 16.0 Å². The minimum Gasteiger partial charge on any atom is -0.325 e. The number of amides is 1. The SMILES string of the molecule is Cc1c(Cl)cccc1NC(=O)CSC1CCCC1. The van der Waals surface area contributed by atoms with Gasteiger partial charge in [0.05, 0.1) is 5.75 Å². The largest absolute Gasteiger partial charge is 0.325 e. The second-order valence-electron chi connectivity index (χ2n) is 4.68. The number of nitrogens with one attached hydrogen (secondary N) is 1. The second-order valence-corrected chi connectivity index (χ2v) is 6.37. The van der Waals surface area contributed by atoms with Gasteiger partial charge in [-0.2, -0.15) is 0 Å². The monoisotopic (exact) mass is 283 g/mol. The van der Waals surface area contributed by atoms with E-state index in [1.54, 1.807) is 11.8 Å². The lowest BCUT2D eigenvalue weighted by Gasteiger charge is -2.11. The first-order valence-electron chi connectivity index (χ1n) is 6.33. The molecule has 1 aromatic rings. The molecule has 1 amide bonds. The fourth-order valence-corrected chi connectivity index (χ4v) is 3.48. The van der Waals surface area contributed by atoms with Gasteiger partial charge >= 0.3 is 0 Å². The van der Waals surface area contributed by atoms with E-state index in [2.05, 4.69) is 5.32 Å². The minimum absolute atomic E-state index is 0.0669. The molecule has 2 nitrogen and oxygen atoms in total. The zero-order chi connectivity index (χ0) is 13.0. The van der Waals surface area contributed by atoms with Crippen molar-refractivity contribution >= 4 is 35.0 Å². The van der Waals surface area contributed by atoms with E-state index in [1.807, 2.05) is 25.1 Å². The fraction of sp³-hybridized carbons (Fsp3) is 0.500. The average Bonchev–Trinajstić information content (AvgIpc) is 2.86. The summed E-state index contributed by atoms with van der Waals surface area (Å²) in [5.74, 6) is 0.605. The molecule has 0 aliphatic heterocycles. The van der Waals surface area contributed by atoms with Gasteiger partial charge in [0.1, 0.15) is 0 Å². The molecule has 0 atom stereocenters. The molecule has 18 heavy (non-hydrogen) atoms. The summed E-state index contributed by atoms with van der Waals surface area (Å²) in [6.45, 7) is 1.92. The van der Waals surface area contributed by atoms with Crippen molar-refractivity contribution in [3.05, 3.63) is 28.8 Å². The third-order valence-corrected chi connectivity index (χ3v) is 5.08. The standard InChI is InChI=1S/C14H18ClNOS/c1-10-12(15)7-4-8-13(10)16-14(17)9-18-11-5-2-3-6-11/h4,7-8,11H,2-3,5-6,9H2,1H3,(H,16,17). The average molecular weight is 284 g/mol. The van der Waals surface area contributed by atoms with Crippen LogP contribution in [0.15, 0.2) is 18.2 Å². The van der Waals surface area contributed by atoms with Gasteiger partial charge < -0.3 is 5.32 Å². The Kier molecular flexibility index (Phi) is 4.95. The molecule has 1 saturated carbocycles. The van der Waals surface area contributed by atoms with E-state index in [-0.39, 0.29) is 5.91 Å². The Balaban J connectivity index is 1.84. The van der Waals surface area contributed by atoms with Crippen molar-refractivity contribution < 1.29 is 4.79 Å². The number of carbonyl (C=O) groups excluding carboxylic acids is 1. The van der Waals surface area contributed by atoms with Crippen LogP contribution in [0.1, 0.15) is 31.2 Å². The van der Waals surface area contributed by atoms with Gasteiger partial charge in [-0.05, 0) is 37.5 Å². The highest BCUT2D eigenvalue weighted by atomic mass is 35.5. The lowest BCUT2D eigenvalue weighted by Crippen LogP contribution is -2.16. The molecule has 0 unspecified atom stereocenters. The number of rotatable bonds is 4. The third-order valence-electron chi connectivity index (χ3n) is 3.29. The van der Waals surface area contributed by atoms with Crippen LogP contribution in [0.3, 0.4) is 0 Å². The first-order valence-corrected chi connectivity index (χ1v) is 7.76. The molecule has 0 saturated heterocycles. The van der Waals surface area contributed by atoms with Crippen molar-refractivity contribution in [3.63, 3.8) is 0 Å². The van der Waals surface area contributed by atoms with Crippen LogP contribution >= 0.6 is 23.4 Å². The number of hydrogen-bond acceptors (Lipinski definition) is 2. The molecule has 0 spiro atoms. The minimum atomic E-state index is 0.0669. The lowest BCUT2D eigenvalue weighted by atomic mass is 10.2. The molecule has 98 valence electrons. The van der Waals surface area contributed by atoms with Crippen LogP contribution < -0.4 is 5.32 Å². The van der Waals surface area contributed by atoms with Gasteiger partial charge in [-0.15, -0.1) is 11.8 Å². The molecule has 1 aliphatic rings. The maximum absolute atomic E-state index is 11.9. The van der Waals surface area contributed by atoms with Crippen molar-refractivity contribution in [2.45, 2.75) is 37.9 Å². The predicted molar refractivity (Wildman–Crippen MR) is 79.5 cm³/mol. The summed E-state index contributed by atoms with van der Waals surface area (Å²) in [5.41, 5.74) is 1.75. The number of hydrogen-bond donors (Lipinski definition) is 1. The lowest BCUT2D eigenvalue weighted by molar-refractivity contribution is -0.113. The predicted octanol–water partition coefficient (Wildman–Crippen LogP) is 4.26. The molecule has 0 heterocycles. The Bertz CT molecular complexity index is 430. The van der Waals surface area contributed by atoms with E-state index in [0.717, 1.165) is 11.3 Å². The van der Waals surface area contributed by atoms with Crippen molar-refractivity contribution in [3.8, 4) is 0 Å². The molecule has 4 heteroatoms. The van der Waals surface area contributed by atoms with Crippen molar-refractivity contribution in [1.82, 2.24) is 0 Å². The Hall–Kier alpha value is -0.670. The van der Waals surface area contributed by atoms with E-state index in [4.69, 9.17) is 11.6 Å². The molecular weight excluding hydrogens is 266 g/mol. The van der Waals surface area contributed by atoms with E-state index in [9.17, 15) is 4.79 Å². The summed E-state index contributed by atoms with van der Waals surface area (Å²) in [6, 6.07) is 5.58. The van der Waals surface area contributed by atoms with Gasteiger partial charge in [0.25, 0.3) is 0 Å². The second kappa shape index (κ2) is 6.48. The molecule has 0 bridgehead atoms. The summed E-state index contributed by atoms with van der Waals surface area (Å²) in [5, 5.41) is 4.30. The van der Waals surface area contributed by atoms with Crippen molar-refractivity contribution in [2.24, 2.45) is 0 Å². The van der Waals surface area contributed by atoms with Gasteiger partial charge in [0, 0.05) is 16.0 Å². The molecule has 2 rings (SSSR count). The Morgan fingerprint density at radius 3 is 2.89 bits per heavy atom. The molecule has 0 radical (unpaired) electrons. The van der Waals surface area contributed by atoms with Crippen molar-refractivity contribution in [1.29, 1.82) is 0 Å². The summed E-state index contributed by atoms with van der Waals surface area (Å²) >= 11 is 7.80. The van der Waals surface area contributed by atoms with Crippen LogP contribution in [0, 0.1) is 6.92 Å². The molecule has 1 aromatic carbocycles. The highest BCUT2D eigenvalue weighted by Gasteiger charge is 2.16. The molecule has 0 aromatic heterocycles. The zero-order valence-corrected chi connectivity index (χ0v) is 12.1. The van der Waals surface area contributed by atoms with Crippen LogP contribution in [0.5, 0.6) is 0 Å². The summed E-state index contributed by atoms with van der Waals surface area (Å²) in [4.78, 5) is 11.9. The number of carbonyl (C=O) groups is 1. The van der Waals surface area contributed by atoms with Gasteiger partial charge in [-0.25, -0.2) is 0 Å². The Morgan fingerprint density at radius 2 is 2.17 bits per heavy atom. The molecule has 1 fully saturated rings. The Labute approximate surface area is 117 Å². The first-order chi connectivity index (χ1) is 8.66. The third kappa shape index (κ3) is 3.66. The smallest absolute Gasteiger partial charge is 0.234 e. The van der Waals surface area contributed by atoms with Crippen molar-refractivity contribution in [2.75, 3.05) is 11.1 Å². The normalized spacial score (nSPS) is 15.9. The molecule has 1 aliphatic carbocycles. The summed E-state index contributed by atoms with van der Waals surface area (Å²) in [6.07, 6.45) is 5.14. The van der Waals surface area contributed by atoms with Crippen LogP contribution in [0.2, 0.25) is 5.02 Å². The maximum Gasteiger partial charge on any atom is 0.234 e. The fourth-order valence-electron chi connectivity index (χ4n) is 2.18. The van der Waals surface area contributed by atoms with Crippen LogP contribution in [0.25, 0.3) is 0 Å². The number of anilines is 1. The van der Waals surface area contributed by atoms with Gasteiger partial charge in [0.15, 0.2) is 0 Å². The van der Waals surface area contributed by atoms with E-state index in [1.165, 1.54) is 25.7 Å². The van der Waals surface area contributed by atoms with Crippen LogP contribution in [-0.4, -0.2) is 16.9 Å². The molecule has 1 N–H and O–H groups in total. The highest BCUT2D eigenvalue weighted by molar-refractivity contribution is 8.00. The number of thioether (sulfide) groups is 1. The first kappa shape index (κ1) is 13.8. The van der Waals surface area contributed by atoms with E-state index < -0.39 is 0 Å². The maximum atomic E-state index is 11.9. The topological polar surface area (TPSA) is 29.1 Å².